The third-order valence-corrected chi connectivity index (χ3v) is 4.18. The van der Waals surface area contributed by atoms with E-state index in [-0.39, 0.29) is 4.75 Å². The summed E-state index contributed by atoms with van der Waals surface area (Å²) in [6.45, 7) is 8.52. The fourth-order valence-corrected chi connectivity index (χ4v) is 2.85. The van der Waals surface area contributed by atoms with Crippen molar-refractivity contribution in [2.24, 2.45) is 4.40 Å². The van der Waals surface area contributed by atoms with Gasteiger partial charge < -0.3 is 0 Å². The van der Waals surface area contributed by atoms with Crippen LogP contribution in [0.3, 0.4) is 0 Å². The molecule has 0 N–H and O–H groups in total. The van der Waals surface area contributed by atoms with Crippen LogP contribution in [0.5, 0.6) is 0 Å². The van der Waals surface area contributed by atoms with Crippen molar-refractivity contribution in [3.8, 4) is 10.4 Å². The van der Waals surface area contributed by atoms with Crippen molar-refractivity contribution < 1.29 is 0 Å². The first-order valence-electron chi connectivity index (χ1n) is 6.18. The Morgan fingerprint density at radius 2 is 1.89 bits per heavy atom. The van der Waals surface area contributed by atoms with Crippen LogP contribution in [0.4, 0.5) is 0 Å². The van der Waals surface area contributed by atoms with Crippen molar-refractivity contribution in [1.82, 2.24) is 4.98 Å². The summed E-state index contributed by atoms with van der Waals surface area (Å²) in [5, 5.41) is 0. The Labute approximate surface area is 123 Å². The molecule has 0 amide bonds. The zero-order valence-corrected chi connectivity index (χ0v) is 13.3. The summed E-state index contributed by atoms with van der Waals surface area (Å²) >= 11 is 3.28. The maximum absolute atomic E-state index is 4.40. The van der Waals surface area contributed by atoms with Crippen LogP contribution >= 0.6 is 23.3 Å². The summed E-state index contributed by atoms with van der Waals surface area (Å²) in [7, 11) is 0. The lowest BCUT2D eigenvalue weighted by Crippen LogP contribution is -2.04. The number of aryl methyl sites for hydroxylation is 1. The molecule has 0 unspecified atom stereocenters. The SMILES string of the molecule is Cc1ncsc1-c1ccc(C=NSC(C)(C)C)cc1. The fourth-order valence-electron chi connectivity index (χ4n) is 1.54. The highest BCUT2D eigenvalue weighted by Crippen LogP contribution is 2.27. The lowest BCUT2D eigenvalue weighted by atomic mass is 10.1. The maximum atomic E-state index is 4.40. The predicted octanol–water partition coefficient (Wildman–Crippen LogP) is 4.98. The molecule has 0 spiro atoms. The van der Waals surface area contributed by atoms with Gasteiger partial charge in [-0.2, -0.15) is 0 Å². The van der Waals surface area contributed by atoms with Crippen molar-refractivity contribution in [2.75, 3.05) is 0 Å². The first-order chi connectivity index (χ1) is 8.96. The van der Waals surface area contributed by atoms with Gasteiger partial charge in [0.25, 0.3) is 0 Å². The lowest BCUT2D eigenvalue weighted by Gasteiger charge is -2.12. The van der Waals surface area contributed by atoms with E-state index >= 15 is 0 Å². The number of rotatable bonds is 3. The molecule has 1 heterocycles. The van der Waals surface area contributed by atoms with Crippen LogP contribution < -0.4 is 0 Å². The summed E-state index contributed by atoms with van der Waals surface area (Å²) < 4.78 is 4.57. The van der Waals surface area contributed by atoms with Crippen LogP contribution in [-0.4, -0.2) is 15.9 Å². The molecular formula is C15H18N2S2. The zero-order valence-electron chi connectivity index (χ0n) is 11.7. The second-order valence-electron chi connectivity index (χ2n) is 5.33. The molecular weight excluding hydrogens is 272 g/mol. The van der Waals surface area contributed by atoms with Crippen LogP contribution in [0, 0.1) is 6.92 Å². The van der Waals surface area contributed by atoms with Crippen LogP contribution in [-0.2, 0) is 0 Å². The second-order valence-corrected chi connectivity index (χ2v) is 7.80. The molecule has 2 nitrogen and oxygen atoms in total. The Morgan fingerprint density at radius 1 is 1.21 bits per heavy atom. The lowest BCUT2D eigenvalue weighted by molar-refractivity contribution is 0.804. The van der Waals surface area contributed by atoms with Gasteiger partial charge in [-0.1, -0.05) is 24.3 Å². The fraction of sp³-hybridized carbons (Fsp3) is 0.333. The predicted molar refractivity (Wildman–Crippen MR) is 87.2 cm³/mol. The smallest absolute Gasteiger partial charge is 0.0801 e. The van der Waals surface area contributed by atoms with E-state index in [0.29, 0.717) is 0 Å². The molecule has 0 atom stereocenters. The number of nitrogens with zero attached hydrogens (tertiary/aromatic N) is 2. The van der Waals surface area contributed by atoms with E-state index in [1.807, 2.05) is 18.6 Å². The van der Waals surface area contributed by atoms with Gasteiger partial charge in [0.2, 0.25) is 0 Å². The number of hydrogen-bond acceptors (Lipinski definition) is 4. The second kappa shape index (κ2) is 5.88. The monoisotopic (exact) mass is 290 g/mol. The van der Waals surface area contributed by atoms with Crippen molar-refractivity contribution in [3.05, 3.63) is 41.0 Å². The molecule has 0 saturated carbocycles. The molecule has 0 aliphatic heterocycles. The van der Waals surface area contributed by atoms with Gasteiger partial charge in [-0.3, -0.25) is 0 Å². The molecule has 1 aromatic carbocycles. The number of aromatic nitrogens is 1. The molecule has 0 radical (unpaired) electrons. The molecule has 0 aliphatic rings. The average Bonchev–Trinajstić information content (AvgIpc) is 2.75. The van der Waals surface area contributed by atoms with E-state index in [0.717, 1.165) is 11.3 Å². The van der Waals surface area contributed by atoms with Gasteiger partial charge in [-0.15, -0.1) is 11.3 Å². The standard InChI is InChI=1S/C15H18N2S2/c1-11-14(18-10-16-11)13-7-5-12(6-8-13)9-17-19-15(2,3)4/h5-10H,1-4H3. The summed E-state index contributed by atoms with van der Waals surface area (Å²) in [4.78, 5) is 5.52. The summed E-state index contributed by atoms with van der Waals surface area (Å²) in [5.41, 5.74) is 5.33. The molecule has 0 bridgehead atoms. The molecule has 0 saturated heterocycles. The van der Waals surface area contributed by atoms with E-state index in [2.05, 4.69) is 54.4 Å². The Balaban J connectivity index is 2.09. The molecule has 0 fully saturated rings. The van der Waals surface area contributed by atoms with Crippen LogP contribution in [0.1, 0.15) is 32.0 Å². The summed E-state index contributed by atoms with van der Waals surface area (Å²) in [6, 6.07) is 8.45. The van der Waals surface area contributed by atoms with E-state index in [4.69, 9.17) is 0 Å². The van der Waals surface area contributed by atoms with Gasteiger partial charge >= 0.3 is 0 Å². The quantitative estimate of drug-likeness (QED) is 0.588. The van der Waals surface area contributed by atoms with E-state index in [1.54, 1.807) is 23.3 Å². The van der Waals surface area contributed by atoms with Crippen LogP contribution in [0.15, 0.2) is 34.2 Å². The van der Waals surface area contributed by atoms with E-state index < -0.39 is 0 Å². The number of thiazole rings is 1. The third kappa shape index (κ3) is 4.18. The van der Waals surface area contributed by atoms with Crippen LogP contribution in [0.2, 0.25) is 0 Å². The third-order valence-electron chi connectivity index (χ3n) is 2.45. The highest BCUT2D eigenvalue weighted by atomic mass is 32.2. The van der Waals surface area contributed by atoms with E-state index in [1.165, 1.54) is 10.4 Å². The van der Waals surface area contributed by atoms with Gasteiger partial charge in [0.05, 0.1) is 16.1 Å². The molecule has 4 heteroatoms. The Bertz CT molecular complexity index is 563. The van der Waals surface area contributed by atoms with Crippen molar-refractivity contribution in [3.63, 3.8) is 0 Å². The maximum Gasteiger partial charge on any atom is 0.0801 e. The van der Waals surface area contributed by atoms with Gasteiger partial charge in [-0.25, -0.2) is 9.38 Å². The van der Waals surface area contributed by atoms with Gasteiger partial charge in [0, 0.05) is 11.0 Å². The molecule has 2 aromatic rings. The number of benzene rings is 1. The highest BCUT2D eigenvalue weighted by molar-refractivity contribution is 7.99. The summed E-state index contributed by atoms with van der Waals surface area (Å²) in [5.74, 6) is 0. The molecule has 0 aliphatic carbocycles. The van der Waals surface area contributed by atoms with Crippen molar-refractivity contribution in [2.45, 2.75) is 32.4 Å². The minimum absolute atomic E-state index is 0.163. The van der Waals surface area contributed by atoms with Gasteiger partial charge in [-0.05, 0) is 50.8 Å². The van der Waals surface area contributed by atoms with Crippen LogP contribution in [0.25, 0.3) is 10.4 Å². The van der Waals surface area contributed by atoms with Crippen molar-refractivity contribution >= 4 is 29.5 Å². The number of hydrogen-bond donors (Lipinski definition) is 0. The van der Waals surface area contributed by atoms with Crippen molar-refractivity contribution in [1.29, 1.82) is 0 Å². The minimum atomic E-state index is 0.163. The molecule has 1 aromatic heterocycles. The highest BCUT2D eigenvalue weighted by Gasteiger charge is 2.09. The first kappa shape index (κ1) is 14.3. The molecule has 100 valence electrons. The Hall–Kier alpha value is -1.13. The molecule has 19 heavy (non-hydrogen) atoms. The first-order valence-corrected chi connectivity index (χ1v) is 7.83. The van der Waals surface area contributed by atoms with Gasteiger partial charge in [0.1, 0.15) is 0 Å². The zero-order chi connectivity index (χ0) is 13.9. The van der Waals surface area contributed by atoms with Gasteiger partial charge in [0.15, 0.2) is 0 Å². The van der Waals surface area contributed by atoms with E-state index in [9.17, 15) is 0 Å². The largest absolute Gasteiger partial charge is 0.249 e. The normalized spacial score (nSPS) is 12.2. The topological polar surface area (TPSA) is 25.2 Å². The molecule has 2 rings (SSSR count). The summed E-state index contributed by atoms with van der Waals surface area (Å²) in [6.07, 6.45) is 1.92. The Morgan fingerprint density at radius 3 is 2.42 bits per heavy atom. The Kier molecular flexibility index (Phi) is 4.42. The minimum Gasteiger partial charge on any atom is -0.249 e. The average molecular weight is 290 g/mol.